The fourth-order valence-corrected chi connectivity index (χ4v) is 4.19. The number of hydrogen-bond acceptors (Lipinski definition) is 5. The molecule has 0 aliphatic rings. The lowest BCUT2D eigenvalue weighted by molar-refractivity contribution is -0.141. The lowest BCUT2D eigenvalue weighted by atomic mass is 9.99. The average molecular weight is 537 g/mol. The lowest BCUT2D eigenvalue weighted by Crippen LogP contribution is -2.53. The molecule has 2 rings (SSSR count). The number of carbonyl (C=O) groups is 4. The van der Waals surface area contributed by atoms with Crippen LogP contribution in [-0.4, -0.2) is 46.9 Å². The van der Waals surface area contributed by atoms with Gasteiger partial charge in [-0.1, -0.05) is 56.0 Å². The number of amides is 4. The van der Waals surface area contributed by atoms with Crippen LogP contribution in [0.1, 0.15) is 68.8 Å². The van der Waals surface area contributed by atoms with Crippen molar-refractivity contribution in [2.24, 2.45) is 5.73 Å². The van der Waals surface area contributed by atoms with Crippen molar-refractivity contribution < 1.29 is 23.9 Å². The maximum Gasteiger partial charge on any atom is 0.408 e. The number of hydrogen-bond donors (Lipinski definition) is 3. The molecule has 0 aromatic heterocycles. The maximum absolute atomic E-state index is 14.0. The van der Waals surface area contributed by atoms with Crippen molar-refractivity contribution in [1.29, 1.82) is 0 Å². The molecule has 0 saturated heterocycles. The fraction of sp³-hybridized carbons (Fsp3) is 0.400. The molecule has 0 radical (unpaired) electrons. The zero-order valence-electron chi connectivity index (χ0n) is 23.7. The Morgan fingerprint density at radius 3 is 2.23 bits per heavy atom. The second kappa shape index (κ2) is 13.6. The van der Waals surface area contributed by atoms with E-state index in [1.165, 1.54) is 4.90 Å². The number of ether oxygens (including phenoxy) is 1. The number of aryl methyl sites for hydroxylation is 2. The van der Waals surface area contributed by atoms with Gasteiger partial charge in [-0.2, -0.15) is 0 Å². The minimum absolute atomic E-state index is 0.174. The topological polar surface area (TPSA) is 131 Å². The Morgan fingerprint density at radius 1 is 1.08 bits per heavy atom. The molecule has 9 nitrogen and oxygen atoms in total. The predicted molar refractivity (Wildman–Crippen MR) is 153 cm³/mol. The van der Waals surface area contributed by atoms with Crippen molar-refractivity contribution >= 4 is 35.6 Å². The van der Waals surface area contributed by atoms with Crippen LogP contribution in [0.4, 0.5) is 10.5 Å². The summed E-state index contributed by atoms with van der Waals surface area (Å²) in [6.07, 6.45) is 0.825. The molecule has 0 bridgehead atoms. The van der Waals surface area contributed by atoms with Gasteiger partial charge in [-0.05, 0) is 69.4 Å². The molecule has 4 amide bonds. The first-order valence-electron chi connectivity index (χ1n) is 12.9. The number of para-hydroxylation sites is 1. The zero-order valence-corrected chi connectivity index (χ0v) is 23.7. The summed E-state index contributed by atoms with van der Waals surface area (Å²) >= 11 is 0. The molecule has 2 unspecified atom stereocenters. The van der Waals surface area contributed by atoms with Crippen LogP contribution in [-0.2, 0) is 19.1 Å². The van der Waals surface area contributed by atoms with Crippen LogP contribution >= 0.6 is 0 Å². The molecule has 9 heteroatoms. The highest BCUT2D eigenvalue weighted by Crippen LogP contribution is 2.28. The summed E-state index contributed by atoms with van der Waals surface area (Å²) in [5.41, 5.74) is 8.31. The molecule has 2 aromatic rings. The molecular weight excluding hydrogens is 496 g/mol. The number of anilines is 1. The molecule has 39 heavy (non-hydrogen) atoms. The molecule has 0 saturated carbocycles. The first-order valence-corrected chi connectivity index (χ1v) is 12.9. The molecule has 0 aliphatic heterocycles. The zero-order chi connectivity index (χ0) is 29.3. The Balaban J connectivity index is 2.58. The molecule has 2 atom stereocenters. The summed E-state index contributed by atoms with van der Waals surface area (Å²) in [5, 5.41) is 5.48. The van der Waals surface area contributed by atoms with Crippen molar-refractivity contribution in [3.05, 3.63) is 71.3 Å². The van der Waals surface area contributed by atoms with Crippen LogP contribution in [0.25, 0.3) is 6.08 Å². The summed E-state index contributed by atoms with van der Waals surface area (Å²) in [4.78, 5) is 53.8. The molecule has 4 N–H and O–H groups in total. The normalized spacial score (nSPS) is 12.6. The Bertz CT molecular complexity index is 1200. The first-order chi connectivity index (χ1) is 18.3. The van der Waals surface area contributed by atoms with Gasteiger partial charge in [-0.3, -0.25) is 14.4 Å². The van der Waals surface area contributed by atoms with Gasteiger partial charge in [0.25, 0.3) is 5.91 Å². The largest absolute Gasteiger partial charge is 0.444 e. The van der Waals surface area contributed by atoms with E-state index in [9.17, 15) is 19.2 Å². The highest BCUT2D eigenvalue weighted by Gasteiger charge is 2.37. The van der Waals surface area contributed by atoms with E-state index in [0.717, 1.165) is 16.7 Å². The Kier molecular flexibility index (Phi) is 10.8. The van der Waals surface area contributed by atoms with E-state index in [4.69, 9.17) is 10.5 Å². The number of rotatable bonds is 11. The van der Waals surface area contributed by atoms with Gasteiger partial charge in [0.2, 0.25) is 11.8 Å². The van der Waals surface area contributed by atoms with Crippen LogP contribution in [0.5, 0.6) is 0 Å². The van der Waals surface area contributed by atoms with E-state index >= 15 is 0 Å². The fourth-order valence-electron chi connectivity index (χ4n) is 4.19. The van der Waals surface area contributed by atoms with Gasteiger partial charge in [0, 0.05) is 12.2 Å². The Hall–Kier alpha value is -4.14. The SMILES string of the molecule is C=Cc1cccc(C(C(=O)Nc2c(C)cccc2C)N(CCC)C(=O)C(CC(N)=O)NC(=O)OC(C)(C)C)c1. The minimum atomic E-state index is -1.33. The van der Waals surface area contributed by atoms with Gasteiger partial charge in [0.05, 0.1) is 6.42 Å². The summed E-state index contributed by atoms with van der Waals surface area (Å²) in [5.74, 6) is -1.86. The predicted octanol–water partition coefficient (Wildman–Crippen LogP) is 4.63. The summed E-state index contributed by atoms with van der Waals surface area (Å²) in [6.45, 7) is 14.7. The third-order valence-corrected chi connectivity index (χ3v) is 5.89. The van der Waals surface area contributed by atoms with Crippen molar-refractivity contribution in [3.8, 4) is 0 Å². The van der Waals surface area contributed by atoms with E-state index in [2.05, 4.69) is 17.2 Å². The van der Waals surface area contributed by atoms with E-state index in [1.807, 2.05) is 45.0 Å². The Morgan fingerprint density at radius 2 is 1.69 bits per heavy atom. The van der Waals surface area contributed by atoms with Crippen molar-refractivity contribution in [3.63, 3.8) is 0 Å². The van der Waals surface area contributed by atoms with Crippen LogP contribution < -0.4 is 16.4 Å². The average Bonchev–Trinajstić information content (AvgIpc) is 2.84. The van der Waals surface area contributed by atoms with Gasteiger partial charge < -0.3 is 26.0 Å². The number of primary amides is 1. The van der Waals surface area contributed by atoms with E-state index in [1.54, 1.807) is 45.0 Å². The highest BCUT2D eigenvalue weighted by atomic mass is 16.6. The van der Waals surface area contributed by atoms with Crippen molar-refractivity contribution in [2.75, 3.05) is 11.9 Å². The molecule has 0 heterocycles. The van der Waals surface area contributed by atoms with E-state index in [0.29, 0.717) is 17.7 Å². The molecule has 0 fully saturated rings. The molecule has 0 aliphatic carbocycles. The van der Waals surface area contributed by atoms with Crippen molar-refractivity contribution in [1.82, 2.24) is 10.2 Å². The quantitative estimate of drug-likeness (QED) is 0.385. The standard InChI is InChI=1S/C30H40N4O5/c1-8-16-34(28(37)23(18-24(31)35)32-29(38)39-30(5,6)7)26(22-15-11-14-21(9-2)17-22)27(36)33-25-19(3)12-10-13-20(25)4/h9-15,17,23,26H,2,8,16,18H2,1,3-7H3,(H2,31,35)(H,32,38)(H,33,36). The van der Waals surface area contributed by atoms with Crippen LogP contribution in [0.3, 0.4) is 0 Å². The molecule has 2 aromatic carbocycles. The van der Waals surface area contributed by atoms with E-state index in [-0.39, 0.29) is 6.54 Å². The summed E-state index contributed by atoms with van der Waals surface area (Å²) in [6, 6.07) is 10.4. The van der Waals surface area contributed by atoms with E-state index < -0.39 is 47.9 Å². The van der Waals surface area contributed by atoms with Crippen molar-refractivity contribution in [2.45, 2.75) is 72.1 Å². The second-order valence-corrected chi connectivity index (χ2v) is 10.4. The lowest BCUT2D eigenvalue weighted by Gasteiger charge is -2.34. The van der Waals surface area contributed by atoms with Crippen LogP contribution in [0.15, 0.2) is 49.0 Å². The van der Waals surface area contributed by atoms with Gasteiger partial charge >= 0.3 is 6.09 Å². The van der Waals surface area contributed by atoms with Gasteiger partial charge in [0.1, 0.15) is 17.7 Å². The number of nitrogens with zero attached hydrogens (tertiary/aromatic N) is 1. The first kappa shape index (κ1) is 31.1. The third-order valence-electron chi connectivity index (χ3n) is 5.89. The second-order valence-electron chi connectivity index (χ2n) is 10.4. The summed E-state index contributed by atoms with van der Waals surface area (Å²) in [7, 11) is 0. The van der Waals surface area contributed by atoms with Gasteiger partial charge in [-0.15, -0.1) is 0 Å². The molecule has 210 valence electrons. The molecule has 0 spiro atoms. The van der Waals surface area contributed by atoms with Gasteiger partial charge in [-0.25, -0.2) is 4.79 Å². The number of benzene rings is 2. The number of carbonyl (C=O) groups excluding carboxylic acids is 4. The number of alkyl carbamates (subject to hydrolysis) is 1. The molecular formula is C30H40N4O5. The van der Waals surface area contributed by atoms with Crippen LogP contribution in [0, 0.1) is 13.8 Å². The summed E-state index contributed by atoms with van der Waals surface area (Å²) < 4.78 is 5.30. The maximum atomic E-state index is 14.0. The van der Waals surface area contributed by atoms with Crippen LogP contribution in [0.2, 0.25) is 0 Å². The Labute approximate surface area is 230 Å². The number of nitrogens with one attached hydrogen (secondary N) is 2. The third kappa shape index (κ3) is 8.98. The monoisotopic (exact) mass is 536 g/mol. The smallest absolute Gasteiger partial charge is 0.408 e. The number of nitrogens with two attached hydrogens (primary N) is 1. The van der Waals surface area contributed by atoms with Gasteiger partial charge in [0.15, 0.2) is 0 Å². The highest BCUT2D eigenvalue weighted by molar-refractivity contribution is 6.00. The minimum Gasteiger partial charge on any atom is -0.444 e.